The van der Waals surface area contributed by atoms with Crippen LogP contribution in [0.1, 0.15) is 6.42 Å². The van der Waals surface area contributed by atoms with Crippen molar-refractivity contribution in [2.75, 3.05) is 26.2 Å². The molecular formula is C9H16N2O4. The van der Waals surface area contributed by atoms with Crippen LogP contribution >= 0.6 is 0 Å². The van der Waals surface area contributed by atoms with Crippen LogP contribution in [-0.2, 0) is 4.79 Å². The maximum absolute atomic E-state index is 10.7. The number of hydrogen-bond acceptors (Lipinski definition) is 5. The van der Waals surface area contributed by atoms with Crippen LogP contribution in [0.25, 0.3) is 0 Å². The van der Waals surface area contributed by atoms with E-state index in [2.05, 4.69) is 5.32 Å². The van der Waals surface area contributed by atoms with E-state index in [-0.39, 0.29) is 6.42 Å². The molecule has 2 rings (SSSR count). The van der Waals surface area contributed by atoms with Gasteiger partial charge < -0.3 is 20.6 Å². The third kappa shape index (κ3) is 1.85. The lowest BCUT2D eigenvalue weighted by Gasteiger charge is -2.48. The number of β-amino-alcohol motifs (C(OH)–C–C–N with tert-alkyl or cyclic N) is 2. The Hall–Kier alpha value is -0.690. The second-order valence-electron chi connectivity index (χ2n) is 4.44. The first kappa shape index (κ1) is 10.8. The highest BCUT2D eigenvalue weighted by molar-refractivity contribution is 5.69. The standard InChI is InChI=1S/C9H16N2O4/c12-6-2-11(3-7(6)13)9(1-8(14)15)4-10-5-9/h6-7,10,12-13H,1-5H2,(H,14,15). The second kappa shape index (κ2) is 3.71. The topological polar surface area (TPSA) is 93.0 Å². The highest BCUT2D eigenvalue weighted by atomic mass is 16.4. The molecule has 15 heavy (non-hydrogen) atoms. The van der Waals surface area contributed by atoms with E-state index in [0.717, 1.165) is 0 Å². The molecule has 2 aliphatic rings. The Morgan fingerprint density at radius 3 is 2.20 bits per heavy atom. The summed E-state index contributed by atoms with van der Waals surface area (Å²) in [6.45, 7) is 1.93. The van der Waals surface area contributed by atoms with Gasteiger partial charge in [-0.05, 0) is 0 Å². The zero-order valence-electron chi connectivity index (χ0n) is 8.39. The van der Waals surface area contributed by atoms with Gasteiger partial charge in [0.2, 0.25) is 0 Å². The van der Waals surface area contributed by atoms with Gasteiger partial charge in [-0.1, -0.05) is 0 Å². The Balaban J connectivity index is 2.04. The summed E-state index contributed by atoms with van der Waals surface area (Å²) in [5.74, 6) is -0.840. The van der Waals surface area contributed by atoms with E-state index < -0.39 is 23.7 Å². The zero-order chi connectivity index (χ0) is 11.1. The molecule has 6 heteroatoms. The molecular weight excluding hydrogens is 200 g/mol. The molecule has 0 spiro atoms. The van der Waals surface area contributed by atoms with Crippen LogP contribution in [0, 0.1) is 0 Å². The van der Waals surface area contributed by atoms with Gasteiger partial charge in [0, 0.05) is 26.2 Å². The van der Waals surface area contributed by atoms with E-state index in [1.54, 1.807) is 0 Å². The number of nitrogens with one attached hydrogen (secondary N) is 1. The van der Waals surface area contributed by atoms with Crippen molar-refractivity contribution in [1.82, 2.24) is 10.2 Å². The summed E-state index contributed by atoms with van der Waals surface area (Å²) < 4.78 is 0. The number of nitrogens with zero attached hydrogens (tertiary/aromatic N) is 1. The van der Waals surface area contributed by atoms with Crippen molar-refractivity contribution >= 4 is 5.97 Å². The first-order valence-electron chi connectivity index (χ1n) is 5.07. The fraction of sp³-hybridized carbons (Fsp3) is 0.889. The van der Waals surface area contributed by atoms with Crippen LogP contribution in [0.4, 0.5) is 0 Å². The molecule has 2 saturated heterocycles. The SMILES string of the molecule is O=C(O)CC1(N2CC(O)C(O)C2)CNC1. The Labute approximate surface area is 87.5 Å². The summed E-state index contributed by atoms with van der Waals surface area (Å²) in [7, 11) is 0. The number of aliphatic hydroxyl groups excluding tert-OH is 2. The molecule has 2 heterocycles. The third-order valence-electron chi connectivity index (χ3n) is 3.32. The molecule has 2 fully saturated rings. The Kier molecular flexibility index (Phi) is 2.68. The highest BCUT2D eigenvalue weighted by Crippen LogP contribution is 2.28. The molecule has 0 radical (unpaired) electrons. The summed E-state index contributed by atoms with van der Waals surface area (Å²) >= 11 is 0. The number of rotatable bonds is 3. The van der Waals surface area contributed by atoms with Gasteiger partial charge in [-0.25, -0.2) is 0 Å². The summed E-state index contributed by atoms with van der Waals surface area (Å²) in [6, 6.07) is 0. The summed E-state index contributed by atoms with van der Waals surface area (Å²) in [5.41, 5.74) is -0.412. The number of carbonyl (C=O) groups is 1. The van der Waals surface area contributed by atoms with Crippen LogP contribution in [0.3, 0.4) is 0 Å². The quantitative estimate of drug-likeness (QED) is 0.429. The Morgan fingerprint density at radius 1 is 1.33 bits per heavy atom. The molecule has 0 amide bonds. The molecule has 2 atom stereocenters. The number of carboxylic acids is 1. The summed E-state index contributed by atoms with van der Waals surface area (Å²) in [5, 5.41) is 30.7. The van der Waals surface area contributed by atoms with Gasteiger partial charge in [0.15, 0.2) is 0 Å². The van der Waals surface area contributed by atoms with Crippen molar-refractivity contribution < 1.29 is 20.1 Å². The van der Waals surface area contributed by atoms with Gasteiger partial charge in [-0.15, -0.1) is 0 Å². The first-order valence-corrected chi connectivity index (χ1v) is 5.07. The maximum Gasteiger partial charge on any atom is 0.305 e. The lowest BCUT2D eigenvalue weighted by molar-refractivity contribution is -0.141. The monoisotopic (exact) mass is 216 g/mol. The molecule has 2 unspecified atom stereocenters. The van der Waals surface area contributed by atoms with Gasteiger partial charge in [0.25, 0.3) is 0 Å². The predicted octanol–water partition coefficient (Wildman–Crippen LogP) is -2.16. The lowest BCUT2D eigenvalue weighted by Crippen LogP contribution is -2.69. The molecule has 0 bridgehead atoms. The number of carboxylic acid groups (broad SMARTS) is 1. The lowest BCUT2D eigenvalue weighted by atomic mass is 9.87. The van der Waals surface area contributed by atoms with Crippen molar-refractivity contribution in [2.45, 2.75) is 24.2 Å². The molecule has 4 N–H and O–H groups in total. The molecule has 0 aromatic carbocycles. The van der Waals surface area contributed by atoms with Crippen LogP contribution in [0.5, 0.6) is 0 Å². The van der Waals surface area contributed by atoms with E-state index in [4.69, 9.17) is 5.11 Å². The van der Waals surface area contributed by atoms with E-state index >= 15 is 0 Å². The first-order chi connectivity index (χ1) is 7.03. The van der Waals surface area contributed by atoms with Crippen LogP contribution in [0.2, 0.25) is 0 Å². The minimum atomic E-state index is -0.840. The average molecular weight is 216 g/mol. The smallest absolute Gasteiger partial charge is 0.305 e. The van der Waals surface area contributed by atoms with Crippen molar-refractivity contribution in [3.63, 3.8) is 0 Å². The largest absolute Gasteiger partial charge is 0.481 e. The number of hydrogen-bond donors (Lipinski definition) is 4. The van der Waals surface area contributed by atoms with E-state index in [1.165, 1.54) is 0 Å². The van der Waals surface area contributed by atoms with Crippen molar-refractivity contribution in [2.24, 2.45) is 0 Å². The van der Waals surface area contributed by atoms with E-state index in [9.17, 15) is 15.0 Å². The van der Waals surface area contributed by atoms with Gasteiger partial charge >= 0.3 is 5.97 Å². The number of aliphatic carboxylic acids is 1. The second-order valence-corrected chi connectivity index (χ2v) is 4.44. The average Bonchev–Trinajstić information content (AvgIpc) is 2.40. The molecule has 86 valence electrons. The maximum atomic E-state index is 10.7. The summed E-state index contributed by atoms with van der Waals surface area (Å²) in [4.78, 5) is 12.6. The number of likely N-dealkylation sites (tertiary alicyclic amines) is 1. The van der Waals surface area contributed by atoms with Crippen molar-refractivity contribution in [1.29, 1.82) is 0 Å². The van der Waals surface area contributed by atoms with Crippen LogP contribution in [0.15, 0.2) is 0 Å². The minimum absolute atomic E-state index is 0.0550. The van der Waals surface area contributed by atoms with Crippen molar-refractivity contribution in [3.05, 3.63) is 0 Å². The highest BCUT2D eigenvalue weighted by Gasteiger charge is 2.48. The third-order valence-corrected chi connectivity index (χ3v) is 3.32. The minimum Gasteiger partial charge on any atom is -0.481 e. The normalized spacial score (nSPS) is 35.1. The Bertz CT molecular complexity index is 257. The molecule has 0 aromatic rings. The molecule has 0 aliphatic carbocycles. The summed E-state index contributed by atoms with van der Waals surface area (Å²) in [6.07, 6.45) is -1.45. The molecule has 2 aliphatic heterocycles. The molecule has 0 aromatic heterocycles. The van der Waals surface area contributed by atoms with E-state index in [0.29, 0.717) is 26.2 Å². The van der Waals surface area contributed by atoms with Crippen LogP contribution < -0.4 is 5.32 Å². The molecule has 6 nitrogen and oxygen atoms in total. The van der Waals surface area contributed by atoms with Crippen molar-refractivity contribution in [3.8, 4) is 0 Å². The predicted molar refractivity (Wildman–Crippen MR) is 51.4 cm³/mol. The Morgan fingerprint density at radius 2 is 1.87 bits per heavy atom. The number of aliphatic hydroxyl groups is 2. The van der Waals surface area contributed by atoms with Gasteiger partial charge in [0.1, 0.15) is 0 Å². The van der Waals surface area contributed by atoms with E-state index in [1.807, 2.05) is 4.90 Å². The fourth-order valence-electron chi connectivity index (χ4n) is 2.31. The fourth-order valence-corrected chi connectivity index (χ4v) is 2.31. The zero-order valence-corrected chi connectivity index (χ0v) is 8.39. The van der Waals surface area contributed by atoms with Gasteiger partial charge in [-0.2, -0.15) is 0 Å². The van der Waals surface area contributed by atoms with Gasteiger partial charge in [0.05, 0.1) is 24.2 Å². The van der Waals surface area contributed by atoms with Gasteiger partial charge in [-0.3, -0.25) is 9.69 Å². The van der Waals surface area contributed by atoms with Crippen LogP contribution in [-0.4, -0.2) is 70.1 Å². The molecule has 0 saturated carbocycles.